The van der Waals surface area contributed by atoms with Gasteiger partial charge in [0, 0.05) is 0 Å². The molecule has 0 aromatic heterocycles. The Kier molecular flexibility index (Phi) is 5.34. The van der Waals surface area contributed by atoms with Gasteiger partial charge in [-0.1, -0.05) is 17.7 Å². The van der Waals surface area contributed by atoms with Crippen molar-refractivity contribution in [2.24, 2.45) is 0 Å². The van der Waals surface area contributed by atoms with Crippen LogP contribution in [-0.4, -0.2) is 30.2 Å². The van der Waals surface area contributed by atoms with Crippen LogP contribution in [0.15, 0.2) is 18.2 Å². The van der Waals surface area contributed by atoms with Gasteiger partial charge in [-0.3, -0.25) is 4.79 Å². The molecule has 0 bridgehead atoms. The Bertz CT molecular complexity index is 519. The summed E-state index contributed by atoms with van der Waals surface area (Å²) in [6.45, 7) is -1.43. The highest BCUT2D eigenvalue weighted by molar-refractivity contribution is 6.34. The maximum atomic E-state index is 12.7. The fraction of sp³-hybridized carbons (Fsp3) is 0.273. The molecule has 20 heavy (non-hydrogen) atoms. The number of carboxylic acids is 1. The van der Waals surface area contributed by atoms with Gasteiger partial charge in [-0.15, -0.1) is 0 Å². The van der Waals surface area contributed by atoms with Crippen molar-refractivity contribution in [3.8, 4) is 0 Å². The number of para-hydroxylation sites is 1. The molecule has 0 aliphatic carbocycles. The Morgan fingerprint density at radius 2 is 1.95 bits per heavy atom. The number of halogens is 4. The largest absolute Gasteiger partial charge is 0.480 e. The van der Waals surface area contributed by atoms with Crippen LogP contribution in [0.4, 0.5) is 18.9 Å². The Morgan fingerprint density at radius 3 is 2.50 bits per heavy atom. The van der Waals surface area contributed by atoms with Crippen LogP contribution in [0.3, 0.4) is 0 Å². The van der Waals surface area contributed by atoms with Gasteiger partial charge in [-0.2, -0.15) is 13.2 Å². The first-order valence-electron chi connectivity index (χ1n) is 5.17. The quantitative estimate of drug-likeness (QED) is 0.875. The average Bonchev–Trinajstić information content (AvgIpc) is 2.29. The van der Waals surface area contributed by atoms with Crippen LogP contribution in [0.5, 0.6) is 0 Å². The molecule has 0 atom stereocenters. The van der Waals surface area contributed by atoms with Gasteiger partial charge in [0.25, 0.3) is 0 Å². The second-order valence-electron chi connectivity index (χ2n) is 3.59. The molecule has 0 aliphatic rings. The summed E-state index contributed by atoms with van der Waals surface area (Å²) in [5.41, 5.74) is -1.69. The molecule has 0 radical (unpaired) electrons. The fourth-order valence-corrected chi connectivity index (χ4v) is 1.52. The Hall–Kier alpha value is -1.80. The molecule has 2 N–H and O–H groups in total. The summed E-state index contributed by atoms with van der Waals surface area (Å²) in [5.74, 6) is -2.24. The maximum Gasteiger partial charge on any atom is 0.418 e. The van der Waals surface area contributed by atoms with Crippen molar-refractivity contribution in [3.63, 3.8) is 0 Å². The first-order valence-corrected chi connectivity index (χ1v) is 5.54. The molecule has 5 nitrogen and oxygen atoms in total. The zero-order valence-electron chi connectivity index (χ0n) is 9.83. The lowest BCUT2D eigenvalue weighted by molar-refractivity contribution is -0.143. The van der Waals surface area contributed by atoms with Gasteiger partial charge < -0.3 is 15.2 Å². The van der Waals surface area contributed by atoms with E-state index in [2.05, 4.69) is 4.74 Å². The summed E-state index contributed by atoms with van der Waals surface area (Å²) in [6.07, 6.45) is -4.69. The maximum absolute atomic E-state index is 12.7. The highest BCUT2D eigenvalue weighted by Gasteiger charge is 2.34. The number of amides is 1. The number of ether oxygens (including phenoxy) is 1. The van der Waals surface area contributed by atoms with Crippen molar-refractivity contribution >= 4 is 29.2 Å². The van der Waals surface area contributed by atoms with E-state index in [0.717, 1.165) is 12.1 Å². The van der Waals surface area contributed by atoms with Crippen LogP contribution >= 0.6 is 11.6 Å². The second-order valence-corrected chi connectivity index (χ2v) is 4.00. The number of hydrogen-bond acceptors (Lipinski definition) is 3. The van der Waals surface area contributed by atoms with Gasteiger partial charge in [0.05, 0.1) is 16.3 Å². The number of anilines is 1. The van der Waals surface area contributed by atoms with Crippen molar-refractivity contribution < 1.29 is 32.6 Å². The van der Waals surface area contributed by atoms with E-state index in [9.17, 15) is 22.8 Å². The van der Waals surface area contributed by atoms with Gasteiger partial charge >= 0.3 is 12.1 Å². The highest BCUT2D eigenvalue weighted by atomic mass is 35.5. The van der Waals surface area contributed by atoms with Crippen molar-refractivity contribution in [2.45, 2.75) is 6.18 Å². The molecule has 0 heterocycles. The SMILES string of the molecule is O=C(O)COCC(=O)Nc1c(Cl)cccc1C(F)(F)F. The van der Waals surface area contributed by atoms with Crippen LogP contribution in [-0.2, 0) is 20.5 Å². The van der Waals surface area contributed by atoms with Crippen molar-refractivity contribution in [3.05, 3.63) is 28.8 Å². The fourth-order valence-electron chi connectivity index (χ4n) is 1.29. The molecule has 0 aliphatic heterocycles. The molecule has 0 unspecified atom stereocenters. The van der Waals surface area contributed by atoms with Crippen molar-refractivity contribution in [1.29, 1.82) is 0 Å². The molecular formula is C11H9ClF3NO4. The Labute approximate surface area is 116 Å². The smallest absolute Gasteiger partial charge is 0.418 e. The van der Waals surface area contributed by atoms with Crippen LogP contribution in [0.2, 0.25) is 5.02 Å². The zero-order chi connectivity index (χ0) is 15.3. The lowest BCUT2D eigenvalue weighted by atomic mass is 10.1. The number of carboxylic acid groups (broad SMARTS) is 1. The minimum atomic E-state index is -4.69. The molecule has 9 heteroatoms. The third-order valence-electron chi connectivity index (χ3n) is 2.04. The van der Waals surface area contributed by atoms with Gasteiger partial charge in [-0.05, 0) is 12.1 Å². The normalized spacial score (nSPS) is 11.2. The summed E-state index contributed by atoms with van der Waals surface area (Å²) >= 11 is 5.61. The molecule has 0 fully saturated rings. The van der Waals surface area contributed by atoms with Gasteiger partial charge in [-0.25, -0.2) is 4.79 Å². The van der Waals surface area contributed by atoms with Gasteiger partial charge in [0.2, 0.25) is 5.91 Å². The van der Waals surface area contributed by atoms with E-state index >= 15 is 0 Å². The molecular weight excluding hydrogens is 303 g/mol. The number of hydrogen-bond donors (Lipinski definition) is 2. The number of alkyl halides is 3. The first kappa shape index (κ1) is 16.3. The number of rotatable bonds is 5. The minimum Gasteiger partial charge on any atom is -0.480 e. The summed E-state index contributed by atoms with van der Waals surface area (Å²) in [7, 11) is 0. The molecule has 0 saturated heterocycles. The Morgan fingerprint density at radius 1 is 1.30 bits per heavy atom. The zero-order valence-corrected chi connectivity index (χ0v) is 10.6. The molecule has 0 spiro atoms. The number of benzene rings is 1. The standard InChI is InChI=1S/C11H9ClF3NO4/c12-7-3-1-2-6(11(13,14)15)10(7)16-8(17)4-20-5-9(18)19/h1-3H,4-5H2,(H,16,17)(H,18,19). The van der Waals surface area contributed by atoms with E-state index in [1.54, 1.807) is 0 Å². The predicted molar refractivity (Wildman–Crippen MR) is 63.5 cm³/mol. The highest BCUT2D eigenvalue weighted by Crippen LogP contribution is 2.38. The summed E-state index contributed by atoms with van der Waals surface area (Å²) < 4.78 is 42.6. The van der Waals surface area contributed by atoms with E-state index in [0.29, 0.717) is 0 Å². The topological polar surface area (TPSA) is 75.6 Å². The van der Waals surface area contributed by atoms with E-state index in [4.69, 9.17) is 16.7 Å². The third kappa shape index (κ3) is 4.71. The van der Waals surface area contributed by atoms with Gasteiger partial charge in [0.15, 0.2) is 0 Å². The van der Waals surface area contributed by atoms with Crippen molar-refractivity contribution in [2.75, 3.05) is 18.5 Å². The number of aliphatic carboxylic acids is 1. The number of carbonyl (C=O) groups excluding carboxylic acids is 1. The lowest BCUT2D eigenvalue weighted by Gasteiger charge is -2.15. The Balaban J connectivity index is 2.81. The third-order valence-corrected chi connectivity index (χ3v) is 2.36. The second kappa shape index (κ2) is 6.58. The number of carbonyl (C=O) groups is 2. The molecule has 0 saturated carbocycles. The van der Waals surface area contributed by atoms with Crippen LogP contribution in [0.1, 0.15) is 5.56 Å². The van der Waals surface area contributed by atoms with Crippen LogP contribution < -0.4 is 5.32 Å². The van der Waals surface area contributed by atoms with E-state index < -0.39 is 42.5 Å². The summed E-state index contributed by atoms with van der Waals surface area (Å²) in [6, 6.07) is 3.05. The number of nitrogens with one attached hydrogen (secondary N) is 1. The molecule has 1 rings (SSSR count). The predicted octanol–water partition coefficient (Wildman–Crippen LogP) is 2.40. The molecule has 1 aromatic carbocycles. The van der Waals surface area contributed by atoms with E-state index in [1.807, 2.05) is 5.32 Å². The first-order chi connectivity index (χ1) is 9.21. The molecule has 110 valence electrons. The van der Waals surface area contributed by atoms with Gasteiger partial charge in [0.1, 0.15) is 13.2 Å². The lowest BCUT2D eigenvalue weighted by Crippen LogP contribution is -2.22. The summed E-state index contributed by atoms with van der Waals surface area (Å²) in [4.78, 5) is 21.5. The average molecular weight is 312 g/mol. The molecule has 1 amide bonds. The van der Waals surface area contributed by atoms with E-state index in [1.165, 1.54) is 6.07 Å². The van der Waals surface area contributed by atoms with Crippen LogP contribution in [0.25, 0.3) is 0 Å². The molecule has 1 aromatic rings. The van der Waals surface area contributed by atoms with Crippen LogP contribution in [0, 0.1) is 0 Å². The summed E-state index contributed by atoms with van der Waals surface area (Å²) in [5, 5.41) is 9.95. The van der Waals surface area contributed by atoms with Crippen molar-refractivity contribution in [1.82, 2.24) is 0 Å². The minimum absolute atomic E-state index is 0.286. The monoisotopic (exact) mass is 311 g/mol. The van der Waals surface area contributed by atoms with E-state index in [-0.39, 0.29) is 5.02 Å².